The van der Waals surface area contributed by atoms with Gasteiger partial charge in [0.1, 0.15) is 5.75 Å². The minimum Gasteiger partial charge on any atom is -0.496 e. The number of benzene rings is 1. The number of rotatable bonds is 7. The Morgan fingerprint density at radius 1 is 1.10 bits per heavy atom. The first kappa shape index (κ1) is 20.8. The third kappa shape index (κ3) is 4.20. The third-order valence-electron chi connectivity index (χ3n) is 5.90. The fraction of sp³-hybridized carbons (Fsp3) is 0.455. The van der Waals surface area contributed by atoms with E-state index in [1.165, 1.54) is 4.31 Å². The molecule has 0 saturated carbocycles. The van der Waals surface area contributed by atoms with Crippen LogP contribution in [0.4, 0.5) is 0 Å². The van der Waals surface area contributed by atoms with Crippen molar-refractivity contribution >= 4 is 15.9 Å². The van der Waals surface area contributed by atoms with Gasteiger partial charge in [0.05, 0.1) is 12.0 Å². The number of carbonyl (C=O) groups excluding carboxylic acids is 1. The van der Waals surface area contributed by atoms with Crippen molar-refractivity contribution in [2.45, 2.75) is 56.0 Å². The molecule has 2 aliphatic rings. The molecule has 1 aromatic heterocycles. The van der Waals surface area contributed by atoms with Crippen LogP contribution in [-0.4, -0.2) is 43.3 Å². The molecule has 7 nitrogen and oxygen atoms in total. The number of ether oxygens (including phenoxy) is 1. The maximum Gasteiger partial charge on any atom is 0.243 e. The summed E-state index contributed by atoms with van der Waals surface area (Å²) < 4.78 is 34.7. The van der Waals surface area contributed by atoms with Crippen molar-refractivity contribution in [2.75, 3.05) is 13.7 Å². The zero-order valence-corrected chi connectivity index (χ0v) is 18.0. The van der Waals surface area contributed by atoms with E-state index in [2.05, 4.69) is 10.3 Å². The number of hydrogen-bond donors (Lipinski definition) is 1. The van der Waals surface area contributed by atoms with Gasteiger partial charge < -0.3 is 10.1 Å². The monoisotopic (exact) mass is 429 g/mol. The summed E-state index contributed by atoms with van der Waals surface area (Å²) in [4.78, 5) is 16.1. The van der Waals surface area contributed by atoms with Gasteiger partial charge in [-0.25, -0.2) is 8.42 Å². The average Bonchev–Trinajstić information content (AvgIpc) is 3.17. The van der Waals surface area contributed by atoms with Crippen LogP contribution >= 0.6 is 0 Å². The van der Waals surface area contributed by atoms with Crippen LogP contribution in [0, 0.1) is 0 Å². The Morgan fingerprint density at radius 2 is 1.83 bits per heavy atom. The van der Waals surface area contributed by atoms with Crippen LogP contribution in [0.2, 0.25) is 0 Å². The number of nitrogens with one attached hydrogen (secondary N) is 1. The number of amides is 1. The highest BCUT2D eigenvalue weighted by atomic mass is 32.2. The van der Waals surface area contributed by atoms with Crippen molar-refractivity contribution in [3.8, 4) is 5.75 Å². The van der Waals surface area contributed by atoms with E-state index in [1.807, 2.05) is 12.1 Å². The summed E-state index contributed by atoms with van der Waals surface area (Å²) in [5, 5.41) is 2.90. The lowest BCUT2D eigenvalue weighted by Gasteiger charge is -2.28. The molecule has 2 heterocycles. The lowest BCUT2D eigenvalue weighted by molar-refractivity contribution is -0.119. The Morgan fingerprint density at radius 3 is 2.50 bits per heavy atom. The normalized spacial score (nSPS) is 18.9. The summed E-state index contributed by atoms with van der Waals surface area (Å²) in [6.45, 7) is 0.481. The number of methoxy groups -OCH3 is 1. The Kier molecular flexibility index (Phi) is 6.06. The molecule has 1 atom stereocenters. The molecule has 30 heavy (non-hydrogen) atoms. The first-order valence-electron chi connectivity index (χ1n) is 10.4. The van der Waals surface area contributed by atoms with E-state index in [0.717, 1.165) is 48.1 Å². The van der Waals surface area contributed by atoms with Crippen LogP contribution in [0.5, 0.6) is 5.75 Å². The van der Waals surface area contributed by atoms with Crippen molar-refractivity contribution < 1.29 is 17.9 Å². The van der Waals surface area contributed by atoms with Crippen LogP contribution in [0.15, 0.2) is 41.6 Å². The summed E-state index contributed by atoms with van der Waals surface area (Å²) >= 11 is 0. The minimum atomic E-state index is -3.76. The molecule has 1 fully saturated rings. The van der Waals surface area contributed by atoms with E-state index in [-0.39, 0.29) is 25.0 Å². The molecule has 8 heteroatoms. The molecule has 1 aromatic carbocycles. The Bertz CT molecular complexity index is 1020. The Balaban J connectivity index is 1.72. The maximum atomic E-state index is 13.8. The summed E-state index contributed by atoms with van der Waals surface area (Å²) in [7, 11) is -2.14. The smallest absolute Gasteiger partial charge is 0.243 e. The van der Waals surface area contributed by atoms with Gasteiger partial charge in [-0.1, -0.05) is 0 Å². The Hall–Kier alpha value is -2.45. The van der Waals surface area contributed by atoms with Crippen molar-refractivity contribution in [3.05, 3.63) is 53.3 Å². The summed E-state index contributed by atoms with van der Waals surface area (Å²) in [6.07, 6.45) is 7.94. The number of carbonyl (C=O) groups is 1. The van der Waals surface area contributed by atoms with E-state index in [4.69, 9.17) is 4.74 Å². The van der Waals surface area contributed by atoms with Crippen LogP contribution in [-0.2, 0) is 34.2 Å². The second-order valence-corrected chi connectivity index (χ2v) is 9.79. The molecule has 1 aliphatic carbocycles. The number of hydrogen-bond acceptors (Lipinski definition) is 5. The molecule has 2 aromatic rings. The van der Waals surface area contributed by atoms with Gasteiger partial charge in [-0.05, 0) is 73.1 Å². The molecule has 0 spiro atoms. The molecule has 160 valence electrons. The van der Waals surface area contributed by atoms with E-state index < -0.39 is 10.0 Å². The minimum absolute atomic E-state index is 0.0249. The fourth-order valence-corrected chi connectivity index (χ4v) is 6.12. The molecule has 0 unspecified atom stereocenters. The number of pyridine rings is 1. The highest BCUT2D eigenvalue weighted by molar-refractivity contribution is 7.89. The van der Waals surface area contributed by atoms with E-state index >= 15 is 0 Å². The maximum absolute atomic E-state index is 13.8. The van der Waals surface area contributed by atoms with Crippen molar-refractivity contribution in [3.63, 3.8) is 0 Å². The van der Waals surface area contributed by atoms with E-state index in [9.17, 15) is 13.2 Å². The summed E-state index contributed by atoms with van der Waals surface area (Å²) in [5.41, 5.74) is 2.74. The first-order chi connectivity index (χ1) is 14.5. The molecule has 1 saturated heterocycles. The van der Waals surface area contributed by atoms with Gasteiger partial charge in [0.15, 0.2) is 0 Å². The van der Waals surface area contributed by atoms with E-state index in [0.29, 0.717) is 17.7 Å². The second kappa shape index (κ2) is 8.73. The van der Waals surface area contributed by atoms with Crippen molar-refractivity contribution in [1.82, 2.24) is 14.6 Å². The standard InChI is InChI=1S/C22H27N3O4S/c1-29-20-7-8-21(19-5-3-2-4-18(19)20)30(27,28)25(14-16-10-12-23-13-11-16)15-17-6-9-22(26)24-17/h7-8,10-13,17H,2-6,9,14-15H2,1H3,(H,24,26)/t17-/m0/s1. The number of sulfonamides is 1. The van der Waals surface area contributed by atoms with E-state index in [1.54, 1.807) is 31.6 Å². The fourth-order valence-electron chi connectivity index (χ4n) is 4.37. The van der Waals surface area contributed by atoms with Crippen LogP contribution in [0.1, 0.15) is 42.4 Å². The van der Waals surface area contributed by atoms with Gasteiger partial charge in [-0.15, -0.1) is 0 Å². The highest BCUT2D eigenvalue weighted by Crippen LogP contribution is 2.35. The average molecular weight is 430 g/mol. The van der Waals surface area contributed by atoms with Gasteiger partial charge in [0.25, 0.3) is 0 Å². The number of fused-ring (bicyclic) bond motifs is 1. The van der Waals surface area contributed by atoms with Gasteiger partial charge in [0.2, 0.25) is 15.9 Å². The van der Waals surface area contributed by atoms with Gasteiger partial charge in [0, 0.05) is 37.9 Å². The number of nitrogens with zero attached hydrogens (tertiary/aromatic N) is 2. The topological polar surface area (TPSA) is 88.6 Å². The van der Waals surface area contributed by atoms with Crippen LogP contribution in [0.25, 0.3) is 0 Å². The number of aromatic nitrogens is 1. The first-order valence-corrected chi connectivity index (χ1v) is 11.8. The summed E-state index contributed by atoms with van der Waals surface area (Å²) in [5.74, 6) is 0.732. The molecular formula is C22H27N3O4S. The molecular weight excluding hydrogens is 402 g/mol. The van der Waals surface area contributed by atoms with Crippen LogP contribution < -0.4 is 10.1 Å². The quantitative estimate of drug-likeness (QED) is 0.730. The SMILES string of the molecule is COc1ccc(S(=O)(=O)N(Cc2ccncc2)C[C@@H]2CCC(=O)N2)c2c1CCCC2. The van der Waals surface area contributed by atoms with Crippen molar-refractivity contribution in [2.24, 2.45) is 0 Å². The predicted octanol–water partition coefficient (Wildman–Crippen LogP) is 2.44. The molecule has 1 amide bonds. The second-order valence-electron chi connectivity index (χ2n) is 7.89. The van der Waals surface area contributed by atoms with Gasteiger partial charge in [-0.3, -0.25) is 9.78 Å². The summed E-state index contributed by atoms with van der Waals surface area (Å²) in [6, 6.07) is 6.89. The van der Waals surface area contributed by atoms with Gasteiger partial charge in [-0.2, -0.15) is 4.31 Å². The predicted molar refractivity (Wildman–Crippen MR) is 113 cm³/mol. The molecule has 4 rings (SSSR count). The van der Waals surface area contributed by atoms with Gasteiger partial charge >= 0.3 is 0 Å². The zero-order valence-electron chi connectivity index (χ0n) is 17.1. The third-order valence-corrected chi connectivity index (χ3v) is 7.80. The molecule has 1 N–H and O–H groups in total. The van der Waals surface area contributed by atoms with Crippen molar-refractivity contribution in [1.29, 1.82) is 0 Å². The lowest BCUT2D eigenvalue weighted by Crippen LogP contribution is -2.41. The molecule has 0 radical (unpaired) electrons. The lowest BCUT2D eigenvalue weighted by atomic mass is 9.91. The van der Waals surface area contributed by atoms with Crippen LogP contribution in [0.3, 0.4) is 0 Å². The largest absolute Gasteiger partial charge is 0.496 e. The highest BCUT2D eigenvalue weighted by Gasteiger charge is 2.33. The molecule has 1 aliphatic heterocycles. The Labute approximate surface area is 177 Å². The molecule has 0 bridgehead atoms. The zero-order chi connectivity index (χ0) is 21.1.